The molecular formula is C21H21NO5. The molecule has 0 radical (unpaired) electrons. The van der Waals surface area contributed by atoms with Crippen molar-refractivity contribution in [1.29, 1.82) is 0 Å². The van der Waals surface area contributed by atoms with Crippen LogP contribution in [0, 0.1) is 13.8 Å². The normalized spacial score (nSPS) is 10.6. The molecule has 0 spiro atoms. The molecule has 1 heterocycles. The van der Waals surface area contributed by atoms with Gasteiger partial charge in [-0.05, 0) is 37.1 Å². The molecule has 6 nitrogen and oxygen atoms in total. The molecule has 0 aliphatic rings. The van der Waals surface area contributed by atoms with Gasteiger partial charge >= 0.3 is 5.97 Å². The molecule has 140 valence electrons. The molecule has 0 saturated carbocycles. The predicted molar refractivity (Wildman–Crippen MR) is 102 cm³/mol. The molecule has 0 unspecified atom stereocenters. The quantitative estimate of drug-likeness (QED) is 0.671. The van der Waals surface area contributed by atoms with E-state index in [2.05, 4.69) is 5.32 Å². The number of rotatable bonds is 6. The minimum Gasteiger partial charge on any atom is -0.497 e. The Morgan fingerprint density at radius 2 is 1.85 bits per heavy atom. The van der Waals surface area contributed by atoms with Gasteiger partial charge in [-0.2, -0.15) is 0 Å². The number of carbonyl (C=O) groups excluding carboxylic acids is 2. The molecule has 1 N–H and O–H groups in total. The Morgan fingerprint density at radius 1 is 1.11 bits per heavy atom. The van der Waals surface area contributed by atoms with E-state index in [9.17, 15) is 9.59 Å². The number of hydrogen-bond acceptors (Lipinski definition) is 5. The van der Waals surface area contributed by atoms with Gasteiger partial charge in [-0.25, -0.2) is 0 Å². The highest BCUT2D eigenvalue weighted by atomic mass is 16.5. The molecule has 6 heteroatoms. The number of fused-ring (bicyclic) bond motifs is 1. The molecule has 0 fully saturated rings. The van der Waals surface area contributed by atoms with Crippen LogP contribution in [0.4, 0.5) is 5.69 Å². The van der Waals surface area contributed by atoms with E-state index in [4.69, 9.17) is 13.9 Å². The number of aryl methyl sites for hydroxylation is 2. The summed E-state index contributed by atoms with van der Waals surface area (Å²) in [6, 6.07) is 11.1. The van der Waals surface area contributed by atoms with Crippen LogP contribution in [-0.4, -0.2) is 25.6 Å². The fraction of sp³-hybridized carbons (Fsp3) is 0.238. The topological polar surface area (TPSA) is 77.8 Å². The van der Waals surface area contributed by atoms with Gasteiger partial charge in [0, 0.05) is 22.7 Å². The first-order valence-electron chi connectivity index (χ1n) is 8.53. The van der Waals surface area contributed by atoms with E-state index in [0.29, 0.717) is 16.9 Å². The highest BCUT2D eigenvalue weighted by Crippen LogP contribution is 2.26. The second-order valence-corrected chi connectivity index (χ2v) is 6.28. The fourth-order valence-electron chi connectivity index (χ4n) is 2.87. The summed E-state index contributed by atoms with van der Waals surface area (Å²) in [6.45, 7) is 3.48. The number of nitrogens with one attached hydrogen (secondary N) is 1. The second-order valence-electron chi connectivity index (χ2n) is 6.28. The molecule has 0 aliphatic heterocycles. The third kappa shape index (κ3) is 4.28. The summed E-state index contributed by atoms with van der Waals surface area (Å²) in [4.78, 5) is 24.2. The largest absolute Gasteiger partial charge is 0.497 e. The van der Waals surface area contributed by atoms with Gasteiger partial charge in [-0.1, -0.05) is 18.2 Å². The highest BCUT2D eigenvalue weighted by molar-refractivity contribution is 5.94. The van der Waals surface area contributed by atoms with E-state index in [-0.39, 0.29) is 18.9 Å². The maximum absolute atomic E-state index is 12.1. The van der Waals surface area contributed by atoms with Crippen molar-refractivity contribution in [2.75, 3.05) is 19.0 Å². The van der Waals surface area contributed by atoms with Crippen LogP contribution in [0.1, 0.15) is 16.7 Å². The van der Waals surface area contributed by atoms with Crippen molar-refractivity contribution in [3.8, 4) is 5.75 Å². The number of hydrogen-bond donors (Lipinski definition) is 1. The molecule has 27 heavy (non-hydrogen) atoms. The number of methoxy groups -OCH3 is 1. The molecule has 0 bridgehead atoms. The summed E-state index contributed by atoms with van der Waals surface area (Å²) in [6.07, 6.45) is 1.54. The number of carbonyl (C=O) groups is 2. The maximum Gasteiger partial charge on any atom is 0.310 e. The summed E-state index contributed by atoms with van der Waals surface area (Å²) < 4.78 is 15.7. The van der Waals surface area contributed by atoms with Crippen molar-refractivity contribution in [3.63, 3.8) is 0 Å². The van der Waals surface area contributed by atoms with E-state index in [1.165, 1.54) is 6.26 Å². The van der Waals surface area contributed by atoms with Gasteiger partial charge in [-0.3, -0.25) is 9.59 Å². The molecular weight excluding hydrogens is 346 g/mol. The third-order valence-corrected chi connectivity index (χ3v) is 4.31. The minimum absolute atomic E-state index is 0.0238. The zero-order valence-corrected chi connectivity index (χ0v) is 15.5. The zero-order chi connectivity index (χ0) is 19.4. The van der Waals surface area contributed by atoms with Gasteiger partial charge in [0.1, 0.15) is 11.3 Å². The summed E-state index contributed by atoms with van der Waals surface area (Å²) in [5, 5.41) is 3.60. The Kier molecular flexibility index (Phi) is 5.45. The first-order chi connectivity index (χ1) is 13.0. The summed E-state index contributed by atoms with van der Waals surface area (Å²) in [5.74, 6) is -0.193. The molecule has 0 aliphatic carbocycles. The molecule has 3 rings (SSSR count). The number of para-hydroxylation sites is 1. The molecule has 2 aromatic carbocycles. The lowest BCUT2D eigenvalue weighted by Crippen LogP contribution is -2.22. The third-order valence-electron chi connectivity index (χ3n) is 4.31. The van der Waals surface area contributed by atoms with Crippen LogP contribution >= 0.6 is 0 Å². The average Bonchev–Trinajstić information content (AvgIpc) is 3.05. The Bertz CT molecular complexity index is 969. The number of esters is 1. The van der Waals surface area contributed by atoms with E-state index in [0.717, 1.165) is 22.2 Å². The zero-order valence-electron chi connectivity index (χ0n) is 15.5. The van der Waals surface area contributed by atoms with Crippen LogP contribution in [0.5, 0.6) is 5.75 Å². The van der Waals surface area contributed by atoms with Crippen LogP contribution in [0.15, 0.2) is 47.1 Å². The number of ether oxygens (including phenoxy) is 2. The Balaban J connectivity index is 1.57. The van der Waals surface area contributed by atoms with Crippen molar-refractivity contribution < 1.29 is 23.5 Å². The van der Waals surface area contributed by atoms with Crippen LogP contribution in [-0.2, 0) is 20.7 Å². The number of anilines is 1. The minimum atomic E-state index is -0.495. The lowest BCUT2D eigenvalue weighted by molar-refractivity contribution is -0.146. The van der Waals surface area contributed by atoms with Crippen molar-refractivity contribution in [3.05, 3.63) is 59.4 Å². The monoisotopic (exact) mass is 367 g/mol. The van der Waals surface area contributed by atoms with E-state index < -0.39 is 5.97 Å². The van der Waals surface area contributed by atoms with Crippen LogP contribution in [0.3, 0.4) is 0 Å². The Morgan fingerprint density at radius 3 is 2.56 bits per heavy atom. The predicted octanol–water partition coefficient (Wildman–Crippen LogP) is 3.78. The molecule has 1 aromatic heterocycles. The SMILES string of the molecule is COc1ccc2c(CC(=O)OCC(=O)Nc3c(C)cccc3C)coc2c1. The smallest absolute Gasteiger partial charge is 0.310 e. The van der Waals surface area contributed by atoms with Crippen LogP contribution < -0.4 is 10.1 Å². The first kappa shape index (κ1) is 18.5. The molecule has 0 saturated heterocycles. The van der Waals surface area contributed by atoms with Gasteiger partial charge in [-0.15, -0.1) is 0 Å². The van der Waals surface area contributed by atoms with Gasteiger partial charge in [0.15, 0.2) is 6.61 Å². The highest BCUT2D eigenvalue weighted by Gasteiger charge is 2.14. The lowest BCUT2D eigenvalue weighted by atomic mass is 10.1. The van der Waals surface area contributed by atoms with Gasteiger partial charge < -0.3 is 19.2 Å². The van der Waals surface area contributed by atoms with Crippen molar-refractivity contribution >= 4 is 28.5 Å². The van der Waals surface area contributed by atoms with Crippen LogP contribution in [0.25, 0.3) is 11.0 Å². The van der Waals surface area contributed by atoms with Crippen molar-refractivity contribution in [1.82, 2.24) is 0 Å². The second kappa shape index (κ2) is 7.95. The van der Waals surface area contributed by atoms with E-state index in [1.54, 1.807) is 19.2 Å². The Labute approximate surface area is 157 Å². The molecule has 0 atom stereocenters. The van der Waals surface area contributed by atoms with Crippen molar-refractivity contribution in [2.45, 2.75) is 20.3 Å². The maximum atomic E-state index is 12.1. The van der Waals surface area contributed by atoms with Gasteiger partial charge in [0.05, 0.1) is 19.8 Å². The molecule has 3 aromatic rings. The van der Waals surface area contributed by atoms with Gasteiger partial charge in [0.25, 0.3) is 5.91 Å². The Hall–Kier alpha value is -3.28. The molecule has 1 amide bonds. The number of amides is 1. The first-order valence-corrected chi connectivity index (χ1v) is 8.53. The summed E-state index contributed by atoms with van der Waals surface area (Å²) >= 11 is 0. The van der Waals surface area contributed by atoms with E-state index >= 15 is 0 Å². The fourth-order valence-corrected chi connectivity index (χ4v) is 2.87. The van der Waals surface area contributed by atoms with E-state index in [1.807, 2.05) is 38.1 Å². The van der Waals surface area contributed by atoms with Gasteiger partial charge in [0.2, 0.25) is 0 Å². The number of benzene rings is 2. The average molecular weight is 367 g/mol. The summed E-state index contributed by atoms with van der Waals surface area (Å²) in [5.41, 5.74) is 3.98. The summed E-state index contributed by atoms with van der Waals surface area (Å²) in [7, 11) is 1.58. The standard InChI is InChI=1S/C21H21NO5/c1-13-5-4-6-14(2)21(13)22-19(23)12-27-20(24)9-15-11-26-18-10-16(25-3)7-8-17(15)18/h4-8,10-11H,9,12H2,1-3H3,(H,22,23). The van der Waals surface area contributed by atoms with Crippen molar-refractivity contribution in [2.24, 2.45) is 0 Å². The van der Waals surface area contributed by atoms with Crippen LogP contribution in [0.2, 0.25) is 0 Å². The lowest BCUT2D eigenvalue weighted by Gasteiger charge is -2.11. The number of furan rings is 1.